The minimum atomic E-state index is -3.76. The molecule has 0 saturated carbocycles. The van der Waals surface area contributed by atoms with Crippen molar-refractivity contribution >= 4 is 169 Å². The monoisotopic (exact) mass is 1600 g/mol. The van der Waals surface area contributed by atoms with E-state index in [-0.39, 0.29) is 127 Å². The number of halogens is 4. The van der Waals surface area contributed by atoms with E-state index < -0.39 is 104 Å². The Morgan fingerprint density at radius 3 is 1.22 bits per heavy atom. The lowest BCUT2D eigenvalue weighted by Crippen LogP contribution is -2.47. The number of rotatable bonds is 27. The zero-order valence-electron chi connectivity index (χ0n) is 57.3. The molecule has 10 rings (SSSR count). The number of esters is 4. The second-order valence-electron chi connectivity index (χ2n) is 24.9. The highest BCUT2D eigenvalue weighted by molar-refractivity contribution is 8.76. The topological polar surface area (TPSA) is 357 Å². The van der Waals surface area contributed by atoms with Crippen LogP contribution >= 0.6 is 68.0 Å². The standard InChI is InChI=1S/C72H68Cl4N6O20S4/c1-37(83)77-57(71(91)101-39(3)99-69(89)55(27-41-9-7-11-49(25-41)105(5,93)94)79-65(85)61-53(73)29-47-33-81(21-17-51(47)63(61)75)67(87)45-15-13-43-19-23-97-59(43)31-45)35-103-104-36-58(78-38(2)84)72(92)102-40(4)100-70(90)56(28-42-10-8-12-50(26-42)106(6,95)96)80-66(86)62-54(74)30-48-34-82(22-18-52(48)64(62)76)68(88)46-16-14-44-20-24-98-60(44)32-46/h7-16,19-20,23-26,29-32,39-40,55-58H,17-18,21-22,27-28,33-36H2,1-6H3,(H,77,83)(H,78,84)(H,79,85)(H,80,86)/t39?,40?,55-,56-,57-,58-/m0/s1. The molecule has 2 aliphatic rings. The van der Waals surface area contributed by atoms with Crippen LogP contribution in [0.25, 0.3) is 21.9 Å². The first-order valence-corrected chi connectivity index (χ1v) is 40.3. The summed E-state index contributed by atoms with van der Waals surface area (Å²) in [7, 11) is -5.67. The number of furan rings is 2. The summed E-state index contributed by atoms with van der Waals surface area (Å²) in [4.78, 5) is 140. The average molecular weight is 1610 g/mol. The fraction of sp³-hybridized carbons (Fsp3) is 0.306. The van der Waals surface area contributed by atoms with E-state index in [1.54, 1.807) is 58.3 Å². The number of nitrogens with zero attached hydrogens (tertiary/aromatic N) is 2. The predicted molar refractivity (Wildman–Crippen MR) is 395 cm³/mol. The SMILES string of the molecule is CC(=O)N[C@@H](CSSC[C@H](NC(C)=O)C(=O)OC(C)OC(=O)[C@H](Cc1cccc(S(C)(=O)=O)c1)NC(=O)c1c(Cl)cc2c(c1Cl)CCN(C(=O)c1ccc3ccoc3c1)C2)C(=O)OC(C)OC(=O)[C@H](Cc1cccc(S(C)(=O)=O)c1)NC(=O)c1c(Cl)cc2c(c1Cl)CCN(C(=O)c1ccc3ccoc3c1)C2. The van der Waals surface area contributed by atoms with Crippen molar-refractivity contribution in [1.82, 2.24) is 31.1 Å². The molecule has 6 aromatic carbocycles. The van der Waals surface area contributed by atoms with Gasteiger partial charge in [0, 0.05) is 113 Å². The van der Waals surface area contributed by atoms with E-state index >= 15 is 0 Å². The highest BCUT2D eigenvalue weighted by Gasteiger charge is 2.36. The zero-order valence-corrected chi connectivity index (χ0v) is 63.6. The van der Waals surface area contributed by atoms with Crippen LogP contribution in [0, 0.1) is 0 Å². The van der Waals surface area contributed by atoms with E-state index in [1.807, 2.05) is 0 Å². The van der Waals surface area contributed by atoms with Gasteiger partial charge in [0.1, 0.15) is 35.3 Å². The molecule has 6 atom stereocenters. The van der Waals surface area contributed by atoms with Gasteiger partial charge in [-0.25, -0.2) is 36.0 Å². The summed E-state index contributed by atoms with van der Waals surface area (Å²) in [6.45, 7) is 5.20. The number of sulfone groups is 2. The fourth-order valence-corrected chi connectivity index (χ4v) is 17.0. The molecule has 0 radical (unpaired) electrons. The Labute approximate surface area is 635 Å². The first-order valence-electron chi connectivity index (χ1n) is 32.5. The fourth-order valence-electron chi connectivity index (χ4n) is 11.8. The van der Waals surface area contributed by atoms with Crippen LogP contribution in [-0.4, -0.2) is 160 Å². The van der Waals surface area contributed by atoms with Gasteiger partial charge in [0.2, 0.25) is 24.4 Å². The number of amides is 6. The van der Waals surface area contributed by atoms with Crippen molar-refractivity contribution in [3.05, 3.63) is 197 Å². The number of nitrogens with one attached hydrogen (secondary N) is 4. The summed E-state index contributed by atoms with van der Waals surface area (Å²) in [5.41, 5.74) is 4.11. The number of hydrogen-bond acceptors (Lipinski definition) is 22. The zero-order chi connectivity index (χ0) is 76.6. The summed E-state index contributed by atoms with van der Waals surface area (Å²) in [5, 5.41) is 11.4. The van der Waals surface area contributed by atoms with Crippen LogP contribution in [0.5, 0.6) is 0 Å². The van der Waals surface area contributed by atoms with Crippen molar-refractivity contribution in [2.24, 2.45) is 0 Å². The van der Waals surface area contributed by atoms with Crippen LogP contribution < -0.4 is 21.3 Å². The maximum atomic E-state index is 14.3. The highest BCUT2D eigenvalue weighted by Crippen LogP contribution is 2.38. The number of carbonyl (C=O) groups is 10. The van der Waals surface area contributed by atoms with Crippen LogP contribution in [0.4, 0.5) is 0 Å². The third-order valence-electron chi connectivity index (χ3n) is 17.0. The van der Waals surface area contributed by atoms with Gasteiger partial charge in [-0.05, 0) is 119 Å². The summed E-state index contributed by atoms with van der Waals surface area (Å²) < 4.78 is 83.4. The van der Waals surface area contributed by atoms with Gasteiger partial charge in [0.25, 0.3) is 23.6 Å². The first-order chi connectivity index (χ1) is 50.2. The van der Waals surface area contributed by atoms with Gasteiger partial charge in [-0.3, -0.25) is 28.8 Å². The molecule has 2 aliphatic heterocycles. The molecule has 26 nitrogen and oxygen atoms in total. The minimum Gasteiger partial charge on any atom is -0.464 e. The van der Waals surface area contributed by atoms with E-state index in [2.05, 4.69) is 21.3 Å². The number of carbonyl (C=O) groups excluding carboxylic acids is 10. The summed E-state index contributed by atoms with van der Waals surface area (Å²) in [6.07, 6.45) is 1.29. The van der Waals surface area contributed by atoms with Gasteiger partial charge in [-0.2, -0.15) is 0 Å². The van der Waals surface area contributed by atoms with Crippen LogP contribution in [0.2, 0.25) is 20.1 Å². The van der Waals surface area contributed by atoms with E-state index in [1.165, 1.54) is 87.0 Å². The maximum Gasteiger partial charge on any atom is 0.332 e. The molecule has 4 heterocycles. The molecule has 6 amide bonds. The smallest absolute Gasteiger partial charge is 0.332 e. The van der Waals surface area contributed by atoms with E-state index in [0.717, 1.165) is 58.7 Å². The molecular formula is C72H68Cl4N6O20S4. The highest BCUT2D eigenvalue weighted by atomic mass is 35.5. The van der Waals surface area contributed by atoms with Crippen molar-refractivity contribution in [1.29, 1.82) is 0 Å². The quantitative estimate of drug-likeness (QED) is 0.0161. The summed E-state index contributed by atoms with van der Waals surface area (Å²) >= 11 is 27.4. The van der Waals surface area contributed by atoms with Gasteiger partial charge in [-0.1, -0.05) is 104 Å². The van der Waals surface area contributed by atoms with Crippen molar-refractivity contribution in [3.8, 4) is 0 Å². The normalized spacial score (nSPS) is 14.6. The van der Waals surface area contributed by atoms with E-state index in [9.17, 15) is 64.8 Å². The number of benzene rings is 6. The van der Waals surface area contributed by atoms with Crippen molar-refractivity contribution < 1.29 is 92.6 Å². The van der Waals surface area contributed by atoms with E-state index in [4.69, 9.17) is 74.2 Å². The second-order valence-corrected chi connectivity index (χ2v) is 33.1. The largest absolute Gasteiger partial charge is 0.464 e. The molecule has 4 N–H and O–H groups in total. The van der Waals surface area contributed by atoms with E-state index in [0.29, 0.717) is 44.5 Å². The van der Waals surface area contributed by atoms with Crippen LogP contribution in [0.1, 0.15) is 103 Å². The Balaban J connectivity index is 0.760. The third-order valence-corrected chi connectivity index (χ3v) is 23.0. The third kappa shape index (κ3) is 19.7. The molecule has 106 heavy (non-hydrogen) atoms. The molecule has 2 aromatic heterocycles. The maximum absolute atomic E-state index is 14.3. The summed E-state index contributed by atoms with van der Waals surface area (Å²) in [6, 6.07) is 21.8. The van der Waals surface area contributed by atoms with Crippen molar-refractivity contribution in [3.63, 3.8) is 0 Å². The van der Waals surface area contributed by atoms with Crippen LogP contribution in [0.15, 0.2) is 140 Å². The van der Waals surface area contributed by atoms with Gasteiger partial charge >= 0.3 is 23.9 Å². The molecule has 8 aromatic rings. The molecule has 0 saturated heterocycles. The molecule has 558 valence electrons. The molecule has 0 aliphatic carbocycles. The minimum absolute atomic E-state index is 0.0458. The second kappa shape index (κ2) is 34.2. The Hall–Kier alpha value is -9.14. The lowest BCUT2D eigenvalue weighted by molar-refractivity contribution is -0.188. The number of ether oxygens (including phenoxy) is 4. The Kier molecular flexibility index (Phi) is 25.6. The summed E-state index contributed by atoms with van der Waals surface area (Å²) in [5.74, 6) is -8.90. The molecule has 0 bridgehead atoms. The Bertz CT molecular complexity index is 4760. The van der Waals surface area contributed by atoms with Crippen LogP contribution in [-0.2, 0) is 106 Å². The molecule has 2 unspecified atom stereocenters. The van der Waals surface area contributed by atoms with Crippen molar-refractivity contribution in [2.75, 3.05) is 37.1 Å². The lowest BCUT2D eigenvalue weighted by atomic mass is 9.95. The van der Waals surface area contributed by atoms with Gasteiger partial charge < -0.3 is 58.8 Å². The Morgan fingerprint density at radius 1 is 0.491 bits per heavy atom. The average Bonchev–Trinajstić information content (AvgIpc) is 0.861. The van der Waals surface area contributed by atoms with Crippen LogP contribution in [0.3, 0.4) is 0 Å². The molecule has 34 heteroatoms. The Morgan fingerprint density at radius 2 is 0.858 bits per heavy atom. The molecule has 0 fully saturated rings. The molecule has 0 spiro atoms. The lowest BCUT2D eigenvalue weighted by Gasteiger charge is -2.30. The number of hydrogen-bond donors (Lipinski definition) is 4. The van der Waals surface area contributed by atoms with Gasteiger partial charge in [-0.15, -0.1) is 0 Å². The van der Waals surface area contributed by atoms with Gasteiger partial charge in [0.15, 0.2) is 19.7 Å². The first kappa shape index (κ1) is 79.4. The van der Waals surface area contributed by atoms with Gasteiger partial charge in [0.05, 0.1) is 53.5 Å². The predicted octanol–water partition coefficient (Wildman–Crippen LogP) is 9.63. The van der Waals surface area contributed by atoms with Crippen molar-refractivity contribution in [2.45, 2.75) is 113 Å². The molecular weight excluding hydrogens is 1540 g/mol. The number of fused-ring (bicyclic) bond motifs is 4.